The highest BCUT2D eigenvalue weighted by Crippen LogP contribution is 2.41. The van der Waals surface area contributed by atoms with Crippen molar-refractivity contribution in [2.24, 2.45) is 0 Å². The zero-order valence-electron chi connectivity index (χ0n) is 8.84. The average molecular weight is 251 g/mol. The monoisotopic (exact) mass is 251 g/mol. The molecule has 2 aromatic rings. The van der Waals surface area contributed by atoms with Crippen LogP contribution in [0, 0.1) is 5.82 Å². The third-order valence-electron chi connectivity index (χ3n) is 2.81. The topological polar surface area (TPSA) is 42.4 Å². The maximum absolute atomic E-state index is 13.1. The van der Waals surface area contributed by atoms with E-state index in [0.717, 1.165) is 4.88 Å². The summed E-state index contributed by atoms with van der Waals surface area (Å²) in [6, 6.07) is 4.21. The Morgan fingerprint density at radius 1 is 1.47 bits per heavy atom. The van der Waals surface area contributed by atoms with Crippen LogP contribution in [0.25, 0.3) is 0 Å². The third kappa shape index (κ3) is 1.92. The minimum absolute atomic E-state index is 0.244. The summed E-state index contributed by atoms with van der Waals surface area (Å²) in [4.78, 5) is 4.92. The lowest BCUT2D eigenvalue weighted by molar-refractivity contribution is 0.0670. The lowest BCUT2D eigenvalue weighted by Gasteiger charge is -2.28. The normalized spacial score (nSPS) is 22.9. The van der Waals surface area contributed by atoms with Crippen molar-refractivity contribution in [3.63, 3.8) is 0 Å². The summed E-state index contributed by atoms with van der Waals surface area (Å²) in [5.41, 5.74) is 2.36. The molecule has 1 N–H and O–H groups in total. The maximum atomic E-state index is 13.1. The molecule has 1 aromatic carbocycles. The second kappa shape index (κ2) is 4.09. The van der Waals surface area contributed by atoms with Crippen molar-refractivity contribution in [2.75, 3.05) is 0 Å². The van der Waals surface area contributed by atoms with Crippen LogP contribution in [0.5, 0.6) is 5.75 Å². The lowest BCUT2D eigenvalue weighted by atomic mass is 9.98. The Kier molecular flexibility index (Phi) is 2.57. The minimum Gasteiger partial charge on any atom is -0.484 e. The quantitative estimate of drug-likeness (QED) is 0.847. The minimum atomic E-state index is -0.619. The van der Waals surface area contributed by atoms with Crippen molar-refractivity contribution in [3.05, 3.63) is 46.2 Å². The summed E-state index contributed by atoms with van der Waals surface area (Å²) in [7, 11) is 0. The maximum Gasteiger partial charge on any atom is 0.137 e. The van der Waals surface area contributed by atoms with Gasteiger partial charge in [0.1, 0.15) is 17.7 Å². The van der Waals surface area contributed by atoms with Crippen molar-refractivity contribution in [3.8, 4) is 5.75 Å². The van der Waals surface area contributed by atoms with Crippen LogP contribution in [-0.4, -0.2) is 10.1 Å². The van der Waals surface area contributed by atoms with E-state index in [1.165, 1.54) is 23.5 Å². The van der Waals surface area contributed by atoms with E-state index in [-0.39, 0.29) is 11.9 Å². The summed E-state index contributed by atoms with van der Waals surface area (Å²) >= 11 is 1.47. The summed E-state index contributed by atoms with van der Waals surface area (Å²) < 4.78 is 18.8. The first-order chi connectivity index (χ1) is 8.24. The van der Waals surface area contributed by atoms with Gasteiger partial charge in [-0.15, -0.1) is 11.3 Å². The molecule has 2 unspecified atom stereocenters. The Morgan fingerprint density at radius 3 is 3.12 bits per heavy atom. The molecule has 0 radical (unpaired) electrons. The van der Waals surface area contributed by atoms with Gasteiger partial charge < -0.3 is 9.84 Å². The number of hydrogen-bond acceptors (Lipinski definition) is 4. The number of aliphatic hydroxyl groups excluding tert-OH is 1. The first-order valence-electron chi connectivity index (χ1n) is 5.26. The zero-order chi connectivity index (χ0) is 11.8. The number of hydrogen-bond donors (Lipinski definition) is 1. The van der Waals surface area contributed by atoms with Crippen LogP contribution in [0.15, 0.2) is 29.9 Å². The molecule has 1 aliphatic heterocycles. The average Bonchev–Trinajstić information content (AvgIpc) is 2.81. The van der Waals surface area contributed by atoms with Gasteiger partial charge in [0, 0.05) is 24.2 Å². The van der Waals surface area contributed by atoms with E-state index in [0.29, 0.717) is 17.7 Å². The molecule has 1 aliphatic rings. The molecule has 3 nitrogen and oxygen atoms in total. The van der Waals surface area contributed by atoms with Gasteiger partial charge in [0.25, 0.3) is 0 Å². The SMILES string of the molecule is OC1CC(c2cncs2)Oc2cc(F)ccc21. The Balaban J connectivity index is 1.97. The fourth-order valence-corrected chi connectivity index (χ4v) is 2.64. The second-order valence-electron chi connectivity index (χ2n) is 3.94. The molecule has 0 aliphatic carbocycles. The Bertz CT molecular complexity index is 529. The van der Waals surface area contributed by atoms with Gasteiger partial charge in [-0.2, -0.15) is 0 Å². The molecule has 0 bridgehead atoms. The number of ether oxygens (including phenoxy) is 1. The molecule has 0 spiro atoms. The fraction of sp³-hybridized carbons (Fsp3) is 0.250. The van der Waals surface area contributed by atoms with E-state index in [2.05, 4.69) is 4.98 Å². The first-order valence-corrected chi connectivity index (χ1v) is 6.14. The Labute approximate surface area is 102 Å². The van der Waals surface area contributed by atoms with Crippen LogP contribution in [0.2, 0.25) is 0 Å². The molecule has 0 fully saturated rings. The van der Waals surface area contributed by atoms with Gasteiger partial charge in [-0.05, 0) is 12.1 Å². The van der Waals surface area contributed by atoms with Crippen LogP contribution in [0.1, 0.15) is 29.1 Å². The predicted octanol–water partition coefficient (Wildman–Crippen LogP) is 2.84. The molecular weight excluding hydrogens is 241 g/mol. The molecule has 3 rings (SSSR count). The van der Waals surface area contributed by atoms with E-state index < -0.39 is 6.10 Å². The number of fused-ring (bicyclic) bond motifs is 1. The van der Waals surface area contributed by atoms with Crippen LogP contribution in [-0.2, 0) is 0 Å². The van der Waals surface area contributed by atoms with Gasteiger partial charge in [-0.3, -0.25) is 4.98 Å². The lowest BCUT2D eigenvalue weighted by Crippen LogP contribution is -2.18. The van der Waals surface area contributed by atoms with E-state index in [1.54, 1.807) is 17.8 Å². The molecule has 0 saturated heterocycles. The molecule has 0 amide bonds. The number of benzene rings is 1. The number of rotatable bonds is 1. The van der Waals surface area contributed by atoms with Crippen molar-refractivity contribution in [1.29, 1.82) is 0 Å². The van der Waals surface area contributed by atoms with Crippen molar-refractivity contribution in [1.82, 2.24) is 4.98 Å². The third-order valence-corrected chi connectivity index (χ3v) is 3.68. The largest absolute Gasteiger partial charge is 0.484 e. The Morgan fingerprint density at radius 2 is 2.35 bits per heavy atom. The molecule has 0 saturated carbocycles. The van der Waals surface area contributed by atoms with Gasteiger partial charge in [-0.1, -0.05) is 0 Å². The zero-order valence-corrected chi connectivity index (χ0v) is 9.65. The summed E-state index contributed by atoms with van der Waals surface area (Å²) in [5, 5.41) is 10.0. The van der Waals surface area contributed by atoms with Crippen LogP contribution < -0.4 is 4.74 Å². The number of aliphatic hydroxyl groups is 1. The van der Waals surface area contributed by atoms with Crippen molar-refractivity contribution < 1.29 is 14.2 Å². The van der Waals surface area contributed by atoms with Crippen LogP contribution in [0.3, 0.4) is 0 Å². The smallest absolute Gasteiger partial charge is 0.137 e. The summed E-state index contributed by atoms with van der Waals surface area (Å²) in [6.45, 7) is 0. The summed E-state index contributed by atoms with van der Waals surface area (Å²) in [6.07, 6.45) is 1.32. The van der Waals surface area contributed by atoms with E-state index in [4.69, 9.17) is 4.74 Å². The second-order valence-corrected chi connectivity index (χ2v) is 4.86. The first kappa shape index (κ1) is 10.7. The van der Waals surface area contributed by atoms with Gasteiger partial charge >= 0.3 is 0 Å². The molecule has 88 valence electrons. The number of aromatic nitrogens is 1. The summed E-state index contributed by atoms with van der Waals surface area (Å²) in [5.74, 6) is 0.0584. The van der Waals surface area contributed by atoms with Gasteiger partial charge in [0.2, 0.25) is 0 Å². The van der Waals surface area contributed by atoms with E-state index in [9.17, 15) is 9.50 Å². The predicted molar refractivity (Wildman–Crippen MR) is 61.5 cm³/mol. The molecule has 1 aromatic heterocycles. The van der Waals surface area contributed by atoms with Crippen molar-refractivity contribution >= 4 is 11.3 Å². The van der Waals surface area contributed by atoms with Crippen LogP contribution >= 0.6 is 11.3 Å². The standard InChI is InChI=1S/C12H10FNO2S/c13-7-1-2-8-9(15)4-11(16-10(8)3-7)12-5-14-6-17-12/h1-3,5-6,9,11,15H,4H2. The van der Waals surface area contributed by atoms with E-state index >= 15 is 0 Å². The molecule has 5 heteroatoms. The van der Waals surface area contributed by atoms with Crippen molar-refractivity contribution in [2.45, 2.75) is 18.6 Å². The molecular formula is C12H10FNO2S. The Hall–Kier alpha value is -1.46. The highest BCUT2D eigenvalue weighted by atomic mass is 32.1. The van der Waals surface area contributed by atoms with E-state index in [1.807, 2.05) is 0 Å². The highest BCUT2D eigenvalue weighted by molar-refractivity contribution is 7.09. The van der Waals surface area contributed by atoms with Crippen LogP contribution in [0.4, 0.5) is 4.39 Å². The molecule has 2 atom stereocenters. The number of nitrogens with zero attached hydrogens (tertiary/aromatic N) is 1. The fourth-order valence-electron chi connectivity index (χ4n) is 1.98. The highest BCUT2D eigenvalue weighted by Gasteiger charge is 2.29. The van der Waals surface area contributed by atoms with Gasteiger partial charge in [0.15, 0.2) is 0 Å². The number of thiazole rings is 1. The molecule has 2 heterocycles. The molecule has 17 heavy (non-hydrogen) atoms. The van der Waals surface area contributed by atoms with Gasteiger partial charge in [-0.25, -0.2) is 4.39 Å². The number of halogens is 1. The van der Waals surface area contributed by atoms with Gasteiger partial charge in [0.05, 0.1) is 16.5 Å².